The van der Waals surface area contributed by atoms with Crippen molar-refractivity contribution in [2.75, 3.05) is 13.2 Å². The first-order valence-electron chi connectivity index (χ1n) is 35.0. The van der Waals surface area contributed by atoms with Crippen LogP contribution < -0.4 is 0 Å². The van der Waals surface area contributed by atoms with Crippen molar-refractivity contribution in [1.82, 2.24) is 0 Å². The monoisotopic (exact) mass is 1070 g/mol. The summed E-state index contributed by atoms with van der Waals surface area (Å²) in [7, 11) is 0. The summed E-state index contributed by atoms with van der Waals surface area (Å²) in [6.07, 6.45) is 77.3. The molecule has 6 heteroatoms. The molecule has 0 aromatic rings. The molecule has 0 aliphatic carbocycles. The molecule has 452 valence electrons. The van der Waals surface area contributed by atoms with E-state index in [1.807, 2.05) is 0 Å². The summed E-state index contributed by atoms with van der Waals surface area (Å²) in [6, 6.07) is 0. The van der Waals surface area contributed by atoms with E-state index >= 15 is 0 Å². The van der Waals surface area contributed by atoms with Crippen molar-refractivity contribution in [1.29, 1.82) is 0 Å². The number of esters is 3. The molecule has 0 spiro atoms. The van der Waals surface area contributed by atoms with E-state index in [4.69, 9.17) is 14.2 Å². The Hall–Kier alpha value is -1.59. The SMILES string of the molecule is CCCCCCCCCCCCCCCCCCCCCCCCCCCCCCCCCCC(=O)OCC(COC(=O)CCCCCCCCCCCC)OC(=O)CCCCCCCCCCCCCCCCCC. The van der Waals surface area contributed by atoms with Gasteiger partial charge in [0.25, 0.3) is 0 Å². The third-order valence-electron chi connectivity index (χ3n) is 16.4. The molecule has 0 amide bonds. The zero-order valence-electron chi connectivity index (χ0n) is 52.1. The maximum absolute atomic E-state index is 12.9. The van der Waals surface area contributed by atoms with Gasteiger partial charge in [0.15, 0.2) is 6.10 Å². The average Bonchev–Trinajstić information content (AvgIpc) is 3.42. The molecule has 6 nitrogen and oxygen atoms in total. The van der Waals surface area contributed by atoms with Crippen molar-refractivity contribution < 1.29 is 28.6 Å². The molecule has 0 radical (unpaired) electrons. The lowest BCUT2D eigenvalue weighted by atomic mass is 10.0. The van der Waals surface area contributed by atoms with Gasteiger partial charge >= 0.3 is 17.9 Å². The van der Waals surface area contributed by atoms with Crippen molar-refractivity contribution in [3.63, 3.8) is 0 Å². The Morgan fingerprint density at radius 3 is 0.526 bits per heavy atom. The number of carbonyl (C=O) groups excluding carboxylic acids is 3. The molecule has 1 atom stereocenters. The van der Waals surface area contributed by atoms with Crippen LogP contribution in [-0.4, -0.2) is 37.2 Å². The Morgan fingerprint density at radius 1 is 0.211 bits per heavy atom. The fraction of sp³-hybridized carbons (Fsp3) is 0.957. The third-order valence-corrected chi connectivity index (χ3v) is 16.4. The minimum Gasteiger partial charge on any atom is -0.462 e. The topological polar surface area (TPSA) is 78.9 Å². The lowest BCUT2D eigenvalue weighted by Crippen LogP contribution is -2.30. The van der Waals surface area contributed by atoms with Gasteiger partial charge in [-0.1, -0.05) is 374 Å². The minimum atomic E-state index is -0.762. The predicted molar refractivity (Wildman–Crippen MR) is 330 cm³/mol. The number of carbonyl (C=O) groups is 3. The van der Waals surface area contributed by atoms with Crippen molar-refractivity contribution in [3.8, 4) is 0 Å². The fourth-order valence-corrected chi connectivity index (χ4v) is 11.1. The molecule has 0 heterocycles. The Kier molecular flexibility index (Phi) is 64.5. The number of ether oxygens (including phenoxy) is 3. The Morgan fingerprint density at radius 2 is 0.355 bits per heavy atom. The Bertz CT molecular complexity index is 1140. The summed E-state index contributed by atoms with van der Waals surface area (Å²) < 4.78 is 16.9. The Balaban J connectivity index is 4.00. The van der Waals surface area contributed by atoms with Gasteiger partial charge in [-0.05, 0) is 19.3 Å². The van der Waals surface area contributed by atoms with E-state index < -0.39 is 6.10 Å². The van der Waals surface area contributed by atoms with E-state index in [9.17, 15) is 14.4 Å². The van der Waals surface area contributed by atoms with Crippen LogP contribution in [0.3, 0.4) is 0 Å². The Labute approximate surface area is 476 Å². The number of hydrogen-bond donors (Lipinski definition) is 0. The maximum Gasteiger partial charge on any atom is 0.306 e. The van der Waals surface area contributed by atoms with Gasteiger partial charge in [-0.15, -0.1) is 0 Å². The normalized spacial score (nSPS) is 11.9. The summed E-state index contributed by atoms with van der Waals surface area (Å²) >= 11 is 0. The van der Waals surface area contributed by atoms with Gasteiger partial charge in [0, 0.05) is 19.3 Å². The molecule has 0 N–H and O–H groups in total. The van der Waals surface area contributed by atoms with Crippen LogP contribution in [0.25, 0.3) is 0 Å². The van der Waals surface area contributed by atoms with Crippen molar-refractivity contribution in [2.24, 2.45) is 0 Å². The van der Waals surface area contributed by atoms with Crippen molar-refractivity contribution in [2.45, 2.75) is 419 Å². The first-order chi connectivity index (χ1) is 37.5. The molecule has 0 rings (SSSR count). The molecule has 0 saturated carbocycles. The summed E-state index contributed by atoms with van der Waals surface area (Å²) in [5.41, 5.74) is 0. The highest BCUT2D eigenvalue weighted by Crippen LogP contribution is 2.19. The van der Waals surface area contributed by atoms with Gasteiger partial charge in [-0.25, -0.2) is 0 Å². The highest BCUT2D eigenvalue weighted by atomic mass is 16.6. The number of hydrogen-bond acceptors (Lipinski definition) is 6. The van der Waals surface area contributed by atoms with Crippen LogP contribution in [0.5, 0.6) is 0 Å². The van der Waals surface area contributed by atoms with Gasteiger partial charge < -0.3 is 14.2 Å². The second-order valence-corrected chi connectivity index (χ2v) is 24.2. The van der Waals surface area contributed by atoms with Crippen LogP contribution in [0.2, 0.25) is 0 Å². The zero-order chi connectivity index (χ0) is 55.0. The standard InChI is InChI=1S/C70H136O6/c1-4-7-10-13-16-19-22-24-26-28-29-30-31-32-33-34-35-36-37-38-39-40-41-42-43-45-46-48-51-54-57-60-63-69(72)75-66-67(65-74-68(71)62-59-56-53-50-21-18-15-12-9-6-3)76-70(73)64-61-58-55-52-49-47-44-27-25-23-20-17-14-11-8-5-2/h67H,4-66H2,1-3H3. The van der Waals surface area contributed by atoms with Gasteiger partial charge in [-0.3, -0.25) is 14.4 Å². The number of rotatable bonds is 66. The predicted octanol–water partition coefficient (Wildman–Crippen LogP) is 23.8. The molecular weight excluding hydrogens is 937 g/mol. The second-order valence-electron chi connectivity index (χ2n) is 24.2. The minimum absolute atomic E-state index is 0.0608. The molecule has 1 unspecified atom stereocenters. The highest BCUT2D eigenvalue weighted by Gasteiger charge is 2.19. The first kappa shape index (κ1) is 74.4. The van der Waals surface area contributed by atoms with E-state index in [0.717, 1.165) is 57.8 Å². The van der Waals surface area contributed by atoms with Crippen molar-refractivity contribution >= 4 is 17.9 Å². The first-order valence-corrected chi connectivity index (χ1v) is 35.0. The zero-order valence-corrected chi connectivity index (χ0v) is 52.1. The van der Waals surface area contributed by atoms with Crippen LogP contribution in [0.1, 0.15) is 412 Å². The molecular formula is C70H136O6. The number of unbranched alkanes of at least 4 members (excludes halogenated alkanes) is 55. The molecule has 76 heavy (non-hydrogen) atoms. The van der Waals surface area contributed by atoms with E-state index in [2.05, 4.69) is 20.8 Å². The quantitative estimate of drug-likeness (QED) is 0.0343. The molecule has 0 aromatic heterocycles. The molecule has 0 aliphatic rings. The smallest absolute Gasteiger partial charge is 0.306 e. The van der Waals surface area contributed by atoms with E-state index in [1.165, 1.54) is 315 Å². The molecule has 0 fully saturated rings. The maximum atomic E-state index is 12.9. The summed E-state index contributed by atoms with van der Waals surface area (Å²) in [5, 5.41) is 0. The third kappa shape index (κ3) is 63.2. The van der Waals surface area contributed by atoms with Gasteiger partial charge in [0.2, 0.25) is 0 Å². The van der Waals surface area contributed by atoms with Crippen LogP contribution in [-0.2, 0) is 28.6 Å². The van der Waals surface area contributed by atoms with Crippen LogP contribution in [0, 0.1) is 0 Å². The van der Waals surface area contributed by atoms with Crippen molar-refractivity contribution in [3.05, 3.63) is 0 Å². The van der Waals surface area contributed by atoms with Gasteiger partial charge in [0.05, 0.1) is 0 Å². The summed E-state index contributed by atoms with van der Waals surface area (Å²) in [6.45, 7) is 6.72. The van der Waals surface area contributed by atoms with E-state index in [-0.39, 0.29) is 31.1 Å². The van der Waals surface area contributed by atoms with Crippen LogP contribution >= 0.6 is 0 Å². The fourth-order valence-electron chi connectivity index (χ4n) is 11.1. The lowest BCUT2D eigenvalue weighted by Gasteiger charge is -2.18. The van der Waals surface area contributed by atoms with Gasteiger partial charge in [-0.2, -0.15) is 0 Å². The summed E-state index contributed by atoms with van der Waals surface area (Å²) in [4.78, 5) is 38.2. The molecule has 0 aliphatic heterocycles. The molecule has 0 saturated heterocycles. The second kappa shape index (κ2) is 65.9. The van der Waals surface area contributed by atoms with E-state index in [1.54, 1.807) is 0 Å². The van der Waals surface area contributed by atoms with E-state index in [0.29, 0.717) is 19.3 Å². The van der Waals surface area contributed by atoms with Crippen LogP contribution in [0.15, 0.2) is 0 Å². The van der Waals surface area contributed by atoms with Crippen LogP contribution in [0.4, 0.5) is 0 Å². The van der Waals surface area contributed by atoms with Gasteiger partial charge in [0.1, 0.15) is 13.2 Å². The highest BCUT2D eigenvalue weighted by molar-refractivity contribution is 5.71. The lowest BCUT2D eigenvalue weighted by molar-refractivity contribution is -0.167. The largest absolute Gasteiger partial charge is 0.462 e. The summed E-state index contributed by atoms with van der Waals surface area (Å²) in [5.74, 6) is -0.828. The molecule has 0 aromatic carbocycles. The molecule has 0 bridgehead atoms. The average molecular weight is 1070 g/mol.